The van der Waals surface area contributed by atoms with Crippen LogP contribution in [0.3, 0.4) is 0 Å². The van der Waals surface area contributed by atoms with E-state index in [2.05, 4.69) is 0 Å². The minimum Gasteiger partial charge on any atom is -0.295 e. The van der Waals surface area contributed by atoms with E-state index in [1.807, 2.05) is 0 Å². The third-order valence-corrected chi connectivity index (χ3v) is 3.78. The van der Waals surface area contributed by atoms with Gasteiger partial charge in [-0.15, -0.1) is 0 Å². The molecule has 1 aliphatic heterocycles. The van der Waals surface area contributed by atoms with Crippen molar-refractivity contribution >= 4 is 17.4 Å². The molecule has 1 unspecified atom stereocenters. The van der Waals surface area contributed by atoms with Crippen molar-refractivity contribution in [3.05, 3.63) is 41.1 Å². The number of rotatable bonds is 2. The highest BCUT2D eigenvalue weighted by Gasteiger charge is 2.35. The first-order valence-electron chi connectivity index (χ1n) is 6.85. The van der Waals surface area contributed by atoms with Gasteiger partial charge in [0.15, 0.2) is 5.78 Å². The summed E-state index contributed by atoms with van der Waals surface area (Å²) in [4.78, 5) is 25.3. The third kappa shape index (κ3) is 2.91. The molecule has 2 rings (SSSR count). The Balaban J connectivity index is 2.56. The summed E-state index contributed by atoms with van der Waals surface area (Å²) in [6.07, 6.45) is -4.17. The molecule has 118 valence electrons. The third-order valence-electron chi connectivity index (χ3n) is 3.78. The van der Waals surface area contributed by atoms with E-state index in [0.29, 0.717) is 17.7 Å². The second-order valence-electron chi connectivity index (χ2n) is 5.45. The van der Waals surface area contributed by atoms with E-state index in [1.54, 1.807) is 13.8 Å². The molecule has 0 spiro atoms. The number of ketones is 1. The minimum atomic E-state index is -4.48. The first-order chi connectivity index (χ1) is 10.1. The van der Waals surface area contributed by atoms with Gasteiger partial charge in [0.2, 0.25) is 5.91 Å². The molecule has 1 heterocycles. The molecule has 0 fully saturated rings. The fourth-order valence-electron chi connectivity index (χ4n) is 2.60. The summed E-state index contributed by atoms with van der Waals surface area (Å²) in [5.74, 6) is -0.923. The van der Waals surface area contributed by atoms with Crippen LogP contribution in [0.2, 0.25) is 0 Å². The van der Waals surface area contributed by atoms with Crippen molar-refractivity contribution in [1.82, 2.24) is 0 Å². The molecule has 0 bridgehead atoms. The molecule has 0 N–H and O–H groups in total. The monoisotopic (exact) mass is 311 g/mol. The first kappa shape index (κ1) is 16.3. The highest BCUT2D eigenvalue weighted by Crippen LogP contribution is 2.36. The number of alkyl halides is 3. The van der Waals surface area contributed by atoms with E-state index in [-0.39, 0.29) is 17.4 Å². The molecule has 0 saturated carbocycles. The van der Waals surface area contributed by atoms with Crippen LogP contribution in [0, 0.1) is 5.92 Å². The quantitative estimate of drug-likeness (QED) is 0.829. The fourth-order valence-corrected chi connectivity index (χ4v) is 2.60. The smallest absolute Gasteiger partial charge is 0.295 e. The highest BCUT2D eigenvalue weighted by atomic mass is 19.4. The maximum absolute atomic E-state index is 12.8. The van der Waals surface area contributed by atoms with E-state index in [0.717, 1.165) is 12.1 Å². The molecule has 1 aromatic rings. The Morgan fingerprint density at radius 3 is 2.50 bits per heavy atom. The second kappa shape index (κ2) is 5.59. The number of hydrogen-bond donors (Lipinski definition) is 0. The number of amides is 1. The number of carbonyl (C=O) groups excluding carboxylic acids is 2. The summed E-state index contributed by atoms with van der Waals surface area (Å²) in [6, 6.07) is 4.57. The Kier molecular flexibility index (Phi) is 4.13. The van der Waals surface area contributed by atoms with Gasteiger partial charge in [-0.2, -0.15) is 13.2 Å². The summed E-state index contributed by atoms with van der Waals surface area (Å²) in [5, 5.41) is 0. The largest absolute Gasteiger partial charge is 0.416 e. The van der Waals surface area contributed by atoms with Crippen molar-refractivity contribution in [2.45, 2.75) is 33.4 Å². The maximum Gasteiger partial charge on any atom is 0.416 e. The molecule has 0 aliphatic carbocycles. The highest BCUT2D eigenvalue weighted by molar-refractivity contribution is 6.05. The van der Waals surface area contributed by atoms with E-state index in [4.69, 9.17) is 0 Å². The Labute approximate surface area is 126 Å². The van der Waals surface area contributed by atoms with Crippen LogP contribution < -0.4 is 4.90 Å². The van der Waals surface area contributed by atoms with Gasteiger partial charge in [0.25, 0.3) is 0 Å². The van der Waals surface area contributed by atoms with Gasteiger partial charge in [-0.25, -0.2) is 0 Å². The summed E-state index contributed by atoms with van der Waals surface area (Å²) in [6.45, 7) is 4.64. The molecule has 22 heavy (non-hydrogen) atoms. The molecular weight excluding hydrogens is 295 g/mol. The number of benzene rings is 1. The van der Waals surface area contributed by atoms with Crippen molar-refractivity contribution < 1.29 is 22.8 Å². The van der Waals surface area contributed by atoms with E-state index >= 15 is 0 Å². The maximum atomic E-state index is 12.8. The van der Waals surface area contributed by atoms with Crippen LogP contribution in [-0.2, 0) is 15.8 Å². The topological polar surface area (TPSA) is 37.4 Å². The van der Waals surface area contributed by atoms with Gasteiger partial charge in [0, 0.05) is 22.9 Å². The van der Waals surface area contributed by atoms with Crippen LogP contribution >= 0.6 is 0 Å². The van der Waals surface area contributed by atoms with Crippen LogP contribution in [-0.4, -0.2) is 11.7 Å². The van der Waals surface area contributed by atoms with Gasteiger partial charge in [-0.05, 0) is 38.5 Å². The number of Topliss-reactive ketones (excluding diaryl/α,β-unsaturated/α-hetero) is 1. The van der Waals surface area contributed by atoms with Gasteiger partial charge in [-0.1, -0.05) is 13.0 Å². The molecular formula is C16H16F3NO2. The molecule has 0 aromatic heterocycles. The molecule has 0 saturated heterocycles. The normalized spacial score (nSPS) is 19.6. The van der Waals surface area contributed by atoms with Gasteiger partial charge in [0.05, 0.1) is 5.56 Å². The van der Waals surface area contributed by atoms with Crippen LogP contribution in [0.4, 0.5) is 18.9 Å². The number of nitrogens with zero attached hydrogens (tertiary/aromatic N) is 1. The first-order valence-corrected chi connectivity index (χ1v) is 6.85. The predicted octanol–water partition coefficient (Wildman–Crippen LogP) is 3.94. The lowest BCUT2D eigenvalue weighted by atomic mass is 9.91. The second-order valence-corrected chi connectivity index (χ2v) is 5.45. The average Bonchev–Trinajstić information content (AvgIpc) is 2.42. The Bertz CT molecular complexity index is 662. The van der Waals surface area contributed by atoms with Crippen molar-refractivity contribution in [2.75, 3.05) is 4.90 Å². The van der Waals surface area contributed by atoms with E-state index < -0.39 is 17.7 Å². The Morgan fingerprint density at radius 2 is 1.95 bits per heavy atom. The summed E-state index contributed by atoms with van der Waals surface area (Å²) in [5.41, 5.74) is 0.176. The minimum absolute atomic E-state index is 0.127. The van der Waals surface area contributed by atoms with Gasteiger partial charge < -0.3 is 0 Å². The number of halogens is 3. The Morgan fingerprint density at radius 1 is 1.32 bits per heavy atom. The van der Waals surface area contributed by atoms with Gasteiger partial charge in [0.1, 0.15) is 0 Å². The predicted molar refractivity (Wildman–Crippen MR) is 76.1 cm³/mol. The van der Waals surface area contributed by atoms with E-state index in [1.165, 1.54) is 24.0 Å². The summed E-state index contributed by atoms with van der Waals surface area (Å²) >= 11 is 0. The molecule has 1 aromatic carbocycles. The zero-order valence-corrected chi connectivity index (χ0v) is 12.5. The average molecular weight is 311 g/mol. The van der Waals surface area contributed by atoms with Gasteiger partial charge in [-0.3, -0.25) is 14.5 Å². The zero-order valence-electron chi connectivity index (χ0n) is 12.5. The summed E-state index contributed by atoms with van der Waals surface area (Å²) < 4.78 is 38.5. The van der Waals surface area contributed by atoms with Gasteiger partial charge >= 0.3 is 6.18 Å². The number of allylic oxidation sites excluding steroid dienone is 2. The lowest BCUT2D eigenvalue weighted by Gasteiger charge is -2.33. The number of hydrogen-bond acceptors (Lipinski definition) is 2. The number of anilines is 1. The van der Waals surface area contributed by atoms with Crippen molar-refractivity contribution in [2.24, 2.45) is 5.92 Å². The molecule has 0 radical (unpaired) electrons. The fraction of sp³-hybridized carbons (Fsp3) is 0.375. The van der Waals surface area contributed by atoms with Crippen LogP contribution in [0.25, 0.3) is 0 Å². The molecule has 1 amide bonds. The molecule has 3 nitrogen and oxygen atoms in total. The lowest BCUT2D eigenvalue weighted by Crippen LogP contribution is -2.39. The van der Waals surface area contributed by atoms with Crippen molar-refractivity contribution in [1.29, 1.82) is 0 Å². The summed E-state index contributed by atoms with van der Waals surface area (Å²) in [7, 11) is 0. The van der Waals surface area contributed by atoms with Crippen LogP contribution in [0.5, 0.6) is 0 Å². The van der Waals surface area contributed by atoms with Crippen LogP contribution in [0.1, 0.15) is 32.8 Å². The SMILES string of the molecule is CC(=O)C1=C(C)N(c2cccc(C(F)(F)F)c2)C(=O)C(C)C1. The van der Waals surface area contributed by atoms with Crippen molar-refractivity contribution in [3.63, 3.8) is 0 Å². The standard InChI is InChI=1S/C16H16F3NO2/c1-9-7-14(11(3)21)10(2)20(15(9)22)13-6-4-5-12(8-13)16(17,18)19/h4-6,8-9H,7H2,1-3H3. The lowest BCUT2D eigenvalue weighted by molar-refractivity contribution is -0.137. The molecule has 1 atom stereocenters. The van der Waals surface area contributed by atoms with E-state index in [9.17, 15) is 22.8 Å². The zero-order chi connectivity index (χ0) is 16.7. The van der Waals surface area contributed by atoms with Crippen LogP contribution in [0.15, 0.2) is 35.5 Å². The van der Waals surface area contributed by atoms with Crippen molar-refractivity contribution in [3.8, 4) is 0 Å². The molecule has 1 aliphatic rings. The number of carbonyl (C=O) groups is 2. The molecule has 6 heteroatoms. The Hall–Kier alpha value is -2.11.